The second-order valence-corrected chi connectivity index (χ2v) is 8.29. The highest BCUT2D eigenvalue weighted by Gasteiger charge is 2.34. The fraction of sp³-hybridized carbons (Fsp3) is 0.423. The number of hydrogen-bond acceptors (Lipinski definition) is 5. The Hall–Kier alpha value is -3.55. The first-order chi connectivity index (χ1) is 16.4. The molecule has 2 aromatic rings. The number of methoxy groups -OCH3 is 2. The smallest absolute Gasteiger partial charge is 0.242 e. The second-order valence-electron chi connectivity index (χ2n) is 8.29. The van der Waals surface area contributed by atoms with Gasteiger partial charge in [0.1, 0.15) is 0 Å². The predicted molar refractivity (Wildman–Crippen MR) is 128 cm³/mol. The molecule has 1 aliphatic heterocycles. The molecule has 1 heterocycles. The van der Waals surface area contributed by atoms with Crippen molar-refractivity contribution in [1.82, 2.24) is 15.1 Å². The summed E-state index contributed by atoms with van der Waals surface area (Å²) in [5.41, 5.74) is 2.05. The topological polar surface area (TPSA) is 88.2 Å². The van der Waals surface area contributed by atoms with Crippen LogP contribution in [0.4, 0.5) is 0 Å². The van der Waals surface area contributed by atoms with Crippen LogP contribution in [0.1, 0.15) is 24.5 Å². The van der Waals surface area contributed by atoms with Crippen molar-refractivity contribution in [3.8, 4) is 11.5 Å². The van der Waals surface area contributed by atoms with E-state index in [2.05, 4.69) is 5.32 Å². The molecule has 3 rings (SSSR count). The van der Waals surface area contributed by atoms with Gasteiger partial charge in [-0.15, -0.1) is 0 Å². The van der Waals surface area contributed by atoms with Crippen molar-refractivity contribution in [2.45, 2.75) is 26.3 Å². The van der Waals surface area contributed by atoms with E-state index < -0.39 is 5.92 Å². The van der Waals surface area contributed by atoms with E-state index in [0.717, 1.165) is 11.1 Å². The third-order valence-electron chi connectivity index (χ3n) is 6.07. The molecule has 0 radical (unpaired) electrons. The number of rotatable bonds is 11. The van der Waals surface area contributed by atoms with Gasteiger partial charge in [-0.1, -0.05) is 36.4 Å². The molecule has 1 atom stereocenters. The maximum atomic E-state index is 12.6. The summed E-state index contributed by atoms with van der Waals surface area (Å²) in [5, 5.41) is 2.73. The molecule has 1 fully saturated rings. The molecule has 0 bridgehead atoms. The summed E-state index contributed by atoms with van der Waals surface area (Å²) in [5.74, 6) is 0.393. The molecule has 0 spiro atoms. The van der Waals surface area contributed by atoms with Crippen LogP contribution >= 0.6 is 0 Å². The molecule has 1 N–H and O–H groups in total. The van der Waals surface area contributed by atoms with Crippen LogP contribution in [0.5, 0.6) is 11.5 Å². The van der Waals surface area contributed by atoms with E-state index in [9.17, 15) is 14.4 Å². The number of carbonyl (C=O) groups is 3. The third kappa shape index (κ3) is 6.50. The lowest BCUT2D eigenvalue weighted by molar-refractivity contribution is -0.134. The summed E-state index contributed by atoms with van der Waals surface area (Å²) in [4.78, 5) is 41.1. The summed E-state index contributed by atoms with van der Waals surface area (Å²) in [6.07, 6.45) is 0.803. The molecule has 1 saturated heterocycles. The molecule has 3 amide bonds. The number of nitrogens with zero attached hydrogens (tertiary/aromatic N) is 2. The molecule has 0 saturated carbocycles. The molecule has 34 heavy (non-hydrogen) atoms. The molecular weight excluding hydrogens is 434 g/mol. The Bertz CT molecular complexity index is 995. The lowest BCUT2D eigenvalue weighted by atomic mass is 10.1. The zero-order chi connectivity index (χ0) is 24.5. The summed E-state index contributed by atoms with van der Waals surface area (Å²) in [6, 6.07) is 15.4. The Balaban J connectivity index is 1.47. The van der Waals surface area contributed by atoms with Crippen molar-refractivity contribution in [3.05, 3.63) is 59.7 Å². The van der Waals surface area contributed by atoms with Gasteiger partial charge in [0.15, 0.2) is 11.5 Å². The van der Waals surface area contributed by atoms with Crippen LogP contribution in [0.15, 0.2) is 48.5 Å². The molecule has 2 aromatic carbocycles. The van der Waals surface area contributed by atoms with Crippen molar-refractivity contribution in [2.75, 3.05) is 40.4 Å². The summed E-state index contributed by atoms with van der Waals surface area (Å²) < 4.78 is 10.6. The minimum absolute atomic E-state index is 0.0498. The van der Waals surface area contributed by atoms with Crippen LogP contribution in [0.2, 0.25) is 0 Å². The highest BCUT2D eigenvalue weighted by molar-refractivity contribution is 5.91. The number of carbonyl (C=O) groups excluding carboxylic acids is 3. The maximum absolute atomic E-state index is 12.6. The normalized spacial score (nSPS) is 15.2. The van der Waals surface area contributed by atoms with Gasteiger partial charge in [0.05, 0.1) is 26.7 Å². The zero-order valence-corrected chi connectivity index (χ0v) is 20.1. The van der Waals surface area contributed by atoms with Crippen molar-refractivity contribution < 1.29 is 23.9 Å². The number of amides is 3. The average Bonchev–Trinajstić information content (AvgIpc) is 3.25. The van der Waals surface area contributed by atoms with Gasteiger partial charge in [-0.25, -0.2) is 0 Å². The summed E-state index contributed by atoms with van der Waals surface area (Å²) in [6.45, 7) is 3.75. The fourth-order valence-corrected chi connectivity index (χ4v) is 4.06. The van der Waals surface area contributed by atoms with Gasteiger partial charge < -0.3 is 24.6 Å². The maximum Gasteiger partial charge on any atom is 0.242 e. The monoisotopic (exact) mass is 467 g/mol. The van der Waals surface area contributed by atoms with Gasteiger partial charge in [0, 0.05) is 32.6 Å². The second kappa shape index (κ2) is 12.1. The number of benzene rings is 2. The van der Waals surface area contributed by atoms with Crippen LogP contribution in [-0.4, -0.2) is 67.9 Å². The number of nitrogens with one attached hydrogen (secondary N) is 1. The molecule has 8 heteroatoms. The highest BCUT2D eigenvalue weighted by atomic mass is 16.5. The fourth-order valence-electron chi connectivity index (χ4n) is 4.06. The number of likely N-dealkylation sites (N-methyl/N-ethyl adjacent to an activating group) is 1. The SMILES string of the molecule is CCN(Cc1ccccc1)C(=O)CNC(=O)C1CC(=O)N(CCc2ccc(OC)c(OC)c2)C1. The first kappa shape index (κ1) is 25.1. The van der Waals surface area contributed by atoms with Gasteiger partial charge in [-0.3, -0.25) is 14.4 Å². The average molecular weight is 468 g/mol. The number of hydrogen-bond donors (Lipinski definition) is 1. The first-order valence-corrected chi connectivity index (χ1v) is 11.5. The molecule has 1 aliphatic rings. The Morgan fingerprint density at radius 3 is 2.47 bits per heavy atom. The van der Waals surface area contributed by atoms with Crippen molar-refractivity contribution in [3.63, 3.8) is 0 Å². The van der Waals surface area contributed by atoms with Gasteiger partial charge in [-0.2, -0.15) is 0 Å². The summed E-state index contributed by atoms with van der Waals surface area (Å²) in [7, 11) is 3.17. The van der Waals surface area contributed by atoms with Crippen LogP contribution in [0, 0.1) is 5.92 Å². The van der Waals surface area contributed by atoms with E-state index in [1.54, 1.807) is 24.0 Å². The van der Waals surface area contributed by atoms with Crippen molar-refractivity contribution in [2.24, 2.45) is 5.92 Å². The Kier molecular flexibility index (Phi) is 8.90. The minimum atomic E-state index is -0.449. The Labute approximate surface area is 200 Å². The Morgan fingerprint density at radius 2 is 1.79 bits per heavy atom. The predicted octanol–water partition coefficient (Wildman–Crippen LogP) is 2.26. The van der Waals surface area contributed by atoms with Crippen LogP contribution in [0.3, 0.4) is 0 Å². The lowest BCUT2D eigenvalue weighted by Crippen LogP contribution is -2.42. The number of ether oxygens (including phenoxy) is 2. The molecule has 0 aromatic heterocycles. The third-order valence-corrected chi connectivity index (χ3v) is 6.07. The molecule has 0 aliphatic carbocycles. The van der Waals surface area contributed by atoms with Crippen molar-refractivity contribution in [1.29, 1.82) is 0 Å². The standard InChI is InChI=1S/C26H33N3O5/c1-4-28(17-20-8-6-5-7-9-20)25(31)16-27-26(32)21-15-24(30)29(18-21)13-12-19-10-11-22(33-2)23(14-19)34-3/h5-11,14,21H,4,12-13,15-18H2,1-3H3,(H,27,32). The van der Waals surface area contributed by atoms with E-state index >= 15 is 0 Å². The summed E-state index contributed by atoms with van der Waals surface area (Å²) >= 11 is 0. The largest absolute Gasteiger partial charge is 0.493 e. The quantitative estimate of drug-likeness (QED) is 0.548. The zero-order valence-electron chi connectivity index (χ0n) is 20.1. The van der Waals surface area contributed by atoms with E-state index in [0.29, 0.717) is 44.1 Å². The van der Waals surface area contributed by atoms with E-state index in [1.165, 1.54) is 0 Å². The van der Waals surface area contributed by atoms with Crippen LogP contribution < -0.4 is 14.8 Å². The lowest BCUT2D eigenvalue weighted by Gasteiger charge is -2.22. The molecule has 1 unspecified atom stereocenters. The van der Waals surface area contributed by atoms with Gasteiger partial charge in [0.2, 0.25) is 17.7 Å². The first-order valence-electron chi connectivity index (χ1n) is 11.5. The van der Waals surface area contributed by atoms with Gasteiger partial charge in [0.25, 0.3) is 0 Å². The van der Waals surface area contributed by atoms with Gasteiger partial charge >= 0.3 is 0 Å². The molecular formula is C26H33N3O5. The van der Waals surface area contributed by atoms with E-state index in [1.807, 2.05) is 55.5 Å². The van der Waals surface area contributed by atoms with Crippen LogP contribution in [0.25, 0.3) is 0 Å². The minimum Gasteiger partial charge on any atom is -0.493 e. The Morgan fingerprint density at radius 1 is 1.06 bits per heavy atom. The number of likely N-dealkylation sites (tertiary alicyclic amines) is 1. The molecule has 8 nitrogen and oxygen atoms in total. The molecule has 182 valence electrons. The van der Waals surface area contributed by atoms with E-state index in [4.69, 9.17) is 9.47 Å². The van der Waals surface area contributed by atoms with Gasteiger partial charge in [-0.05, 0) is 36.6 Å². The van der Waals surface area contributed by atoms with Crippen molar-refractivity contribution >= 4 is 17.7 Å². The van der Waals surface area contributed by atoms with Crippen LogP contribution in [-0.2, 0) is 27.3 Å². The van der Waals surface area contributed by atoms with E-state index in [-0.39, 0.29) is 30.7 Å². The highest BCUT2D eigenvalue weighted by Crippen LogP contribution is 2.28.